The first-order valence-electron chi connectivity index (χ1n) is 3.55. The molecular formula is C8H9FN2O2. The molecule has 0 heterocycles. The van der Waals surface area contributed by atoms with E-state index >= 15 is 0 Å². The molecule has 0 fully saturated rings. The van der Waals surface area contributed by atoms with Gasteiger partial charge in [0.25, 0.3) is 0 Å². The van der Waals surface area contributed by atoms with Crippen molar-refractivity contribution in [2.45, 2.75) is 6.04 Å². The Morgan fingerprint density at radius 3 is 2.54 bits per heavy atom. The first-order chi connectivity index (χ1) is 6.00. The lowest BCUT2D eigenvalue weighted by molar-refractivity contribution is -0.119. The zero-order chi connectivity index (χ0) is 10.0. The molecule has 70 valence electrons. The van der Waals surface area contributed by atoms with Crippen LogP contribution in [0.2, 0.25) is 0 Å². The van der Waals surface area contributed by atoms with Gasteiger partial charge in [0.2, 0.25) is 5.91 Å². The Morgan fingerprint density at radius 1 is 1.46 bits per heavy atom. The van der Waals surface area contributed by atoms with E-state index in [1.165, 1.54) is 6.07 Å². The molecule has 0 saturated heterocycles. The van der Waals surface area contributed by atoms with Crippen LogP contribution in [0, 0.1) is 5.82 Å². The van der Waals surface area contributed by atoms with E-state index in [2.05, 4.69) is 0 Å². The zero-order valence-electron chi connectivity index (χ0n) is 6.70. The number of carbonyl (C=O) groups excluding carboxylic acids is 1. The van der Waals surface area contributed by atoms with E-state index < -0.39 is 17.8 Å². The second-order valence-electron chi connectivity index (χ2n) is 2.62. The van der Waals surface area contributed by atoms with Crippen LogP contribution in [0.5, 0.6) is 5.75 Å². The highest BCUT2D eigenvalue weighted by molar-refractivity contribution is 5.81. The lowest BCUT2D eigenvalue weighted by Crippen LogP contribution is -2.28. The fourth-order valence-electron chi connectivity index (χ4n) is 0.940. The summed E-state index contributed by atoms with van der Waals surface area (Å²) in [5.41, 5.74) is 10.4. The van der Waals surface area contributed by atoms with Gasteiger partial charge in [0.1, 0.15) is 17.6 Å². The quantitative estimate of drug-likeness (QED) is 0.605. The summed E-state index contributed by atoms with van der Waals surface area (Å²) in [6.45, 7) is 0. The fraction of sp³-hybridized carbons (Fsp3) is 0.125. The Labute approximate surface area is 74.0 Å². The summed E-state index contributed by atoms with van der Waals surface area (Å²) in [5, 5.41) is 8.98. The molecule has 5 heteroatoms. The van der Waals surface area contributed by atoms with Crippen molar-refractivity contribution in [2.24, 2.45) is 11.5 Å². The van der Waals surface area contributed by atoms with Gasteiger partial charge in [0.05, 0.1) is 0 Å². The monoisotopic (exact) mass is 184 g/mol. The molecule has 1 amide bonds. The van der Waals surface area contributed by atoms with Crippen LogP contribution in [0.25, 0.3) is 0 Å². The lowest BCUT2D eigenvalue weighted by atomic mass is 10.1. The Kier molecular flexibility index (Phi) is 2.48. The first kappa shape index (κ1) is 9.47. The van der Waals surface area contributed by atoms with E-state index in [4.69, 9.17) is 16.6 Å². The van der Waals surface area contributed by atoms with Crippen LogP contribution in [0.15, 0.2) is 18.2 Å². The number of nitrogens with two attached hydrogens (primary N) is 2. The summed E-state index contributed by atoms with van der Waals surface area (Å²) in [4.78, 5) is 10.6. The van der Waals surface area contributed by atoms with E-state index in [-0.39, 0.29) is 11.3 Å². The predicted octanol–water partition coefficient (Wildman–Crippen LogP) is 0.0164. The molecule has 0 aliphatic heterocycles. The second kappa shape index (κ2) is 3.40. The minimum Gasteiger partial charge on any atom is -0.508 e. The Balaban J connectivity index is 3.07. The topological polar surface area (TPSA) is 89.3 Å². The normalized spacial score (nSPS) is 12.5. The van der Waals surface area contributed by atoms with Gasteiger partial charge in [-0.1, -0.05) is 0 Å². The van der Waals surface area contributed by atoms with Crippen molar-refractivity contribution in [2.75, 3.05) is 0 Å². The third-order valence-electron chi connectivity index (χ3n) is 1.57. The first-order valence-corrected chi connectivity index (χ1v) is 3.55. The highest BCUT2D eigenvalue weighted by Crippen LogP contribution is 2.18. The van der Waals surface area contributed by atoms with Crippen molar-refractivity contribution in [3.05, 3.63) is 29.6 Å². The van der Waals surface area contributed by atoms with Crippen molar-refractivity contribution in [1.29, 1.82) is 0 Å². The van der Waals surface area contributed by atoms with Crippen molar-refractivity contribution < 1.29 is 14.3 Å². The number of amides is 1. The number of halogens is 1. The molecule has 1 rings (SSSR count). The average Bonchev–Trinajstić information content (AvgIpc) is 2.01. The Hall–Kier alpha value is -1.62. The Morgan fingerprint density at radius 2 is 2.08 bits per heavy atom. The summed E-state index contributed by atoms with van der Waals surface area (Å²) >= 11 is 0. The number of rotatable bonds is 2. The molecule has 1 atom stereocenters. The van der Waals surface area contributed by atoms with Gasteiger partial charge < -0.3 is 16.6 Å². The van der Waals surface area contributed by atoms with E-state index in [1.807, 2.05) is 0 Å². The van der Waals surface area contributed by atoms with Crippen molar-refractivity contribution in [3.63, 3.8) is 0 Å². The summed E-state index contributed by atoms with van der Waals surface area (Å²) in [6, 6.07) is 2.06. The highest BCUT2D eigenvalue weighted by Gasteiger charge is 2.13. The minimum atomic E-state index is -1.10. The van der Waals surface area contributed by atoms with Crippen molar-refractivity contribution in [3.8, 4) is 5.75 Å². The third kappa shape index (κ3) is 2.16. The number of benzene rings is 1. The number of hydrogen-bond donors (Lipinski definition) is 3. The summed E-state index contributed by atoms with van der Waals surface area (Å²) in [7, 11) is 0. The van der Waals surface area contributed by atoms with Crippen LogP contribution in [-0.4, -0.2) is 11.0 Å². The van der Waals surface area contributed by atoms with E-state index in [0.717, 1.165) is 12.1 Å². The smallest absolute Gasteiger partial charge is 0.238 e. The standard InChI is InChI=1S/C8H9FN2O2/c9-5-1-4(2-6(12)3-5)7(10)8(11)13/h1-3,7,12H,10H2,(H2,11,13). The molecule has 0 spiro atoms. The zero-order valence-corrected chi connectivity index (χ0v) is 6.70. The summed E-state index contributed by atoms with van der Waals surface area (Å²) in [6.07, 6.45) is 0. The van der Waals surface area contributed by atoms with E-state index in [1.54, 1.807) is 0 Å². The Bertz CT molecular complexity index is 321. The largest absolute Gasteiger partial charge is 0.508 e. The van der Waals surface area contributed by atoms with Crippen LogP contribution in [-0.2, 0) is 4.79 Å². The van der Waals surface area contributed by atoms with E-state index in [9.17, 15) is 9.18 Å². The molecule has 4 nitrogen and oxygen atoms in total. The number of hydrogen-bond acceptors (Lipinski definition) is 3. The maximum absolute atomic E-state index is 12.7. The molecule has 5 N–H and O–H groups in total. The van der Waals surface area contributed by atoms with Crippen molar-refractivity contribution in [1.82, 2.24) is 0 Å². The number of carbonyl (C=O) groups is 1. The van der Waals surface area contributed by atoms with E-state index in [0.29, 0.717) is 0 Å². The highest BCUT2D eigenvalue weighted by atomic mass is 19.1. The summed E-state index contributed by atoms with van der Waals surface area (Å²) < 4.78 is 12.7. The van der Waals surface area contributed by atoms with Gasteiger partial charge in [-0.2, -0.15) is 0 Å². The number of aromatic hydroxyl groups is 1. The molecule has 0 aliphatic rings. The molecule has 1 aromatic rings. The second-order valence-corrected chi connectivity index (χ2v) is 2.62. The number of phenols is 1. The summed E-state index contributed by atoms with van der Waals surface area (Å²) in [5.74, 6) is -1.72. The van der Waals surface area contributed by atoms with Gasteiger partial charge in [0.15, 0.2) is 0 Å². The minimum absolute atomic E-state index is 0.157. The lowest BCUT2D eigenvalue weighted by Gasteiger charge is -2.07. The molecule has 0 radical (unpaired) electrons. The average molecular weight is 184 g/mol. The molecule has 1 unspecified atom stereocenters. The fourth-order valence-corrected chi connectivity index (χ4v) is 0.940. The number of phenolic OH excluding ortho intramolecular Hbond substituents is 1. The molecule has 0 bridgehead atoms. The molecule has 13 heavy (non-hydrogen) atoms. The van der Waals surface area contributed by atoms with Gasteiger partial charge in [-0.15, -0.1) is 0 Å². The molecule has 0 aliphatic carbocycles. The predicted molar refractivity (Wildman–Crippen MR) is 44.2 cm³/mol. The van der Waals surface area contributed by atoms with Crippen LogP contribution in [0.4, 0.5) is 4.39 Å². The maximum atomic E-state index is 12.7. The molecular weight excluding hydrogens is 175 g/mol. The molecule has 1 aromatic carbocycles. The maximum Gasteiger partial charge on any atom is 0.238 e. The van der Waals surface area contributed by atoms with Gasteiger partial charge in [0, 0.05) is 6.07 Å². The van der Waals surface area contributed by atoms with Gasteiger partial charge in [-0.3, -0.25) is 4.79 Å². The van der Waals surface area contributed by atoms with Gasteiger partial charge in [-0.05, 0) is 17.7 Å². The van der Waals surface area contributed by atoms with Gasteiger partial charge in [-0.25, -0.2) is 4.39 Å². The van der Waals surface area contributed by atoms with Crippen LogP contribution in [0.3, 0.4) is 0 Å². The van der Waals surface area contributed by atoms with Gasteiger partial charge >= 0.3 is 0 Å². The SMILES string of the molecule is NC(=O)C(N)c1cc(O)cc(F)c1. The number of primary amides is 1. The van der Waals surface area contributed by atoms with Crippen molar-refractivity contribution >= 4 is 5.91 Å². The third-order valence-corrected chi connectivity index (χ3v) is 1.57. The van der Waals surface area contributed by atoms with Crippen LogP contribution < -0.4 is 11.5 Å². The molecule has 0 aromatic heterocycles. The van der Waals surface area contributed by atoms with Crippen LogP contribution in [0.1, 0.15) is 11.6 Å². The molecule has 0 saturated carbocycles. The van der Waals surface area contributed by atoms with Crippen LogP contribution >= 0.6 is 0 Å².